The Kier molecular flexibility index (Phi) is 4.01. The number of hydrogen-bond donors (Lipinski definition) is 0. The number of carbonyl (C=O) groups is 2. The average Bonchev–Trinajstić information content (AvgIpc) is 2.85. The van der Waals surface area contributed by atoms with E-state index in [4.69, 9.17) is 0 Å². The molecule has 0 heterocycles. The summed E-state index contributed by atoms with van der Waals surface area (Å²) in [6, 6.07) is 19.1. The highest BCUT2D eigenvalue weighted by atomic mass is 16.1. The van der Waals surface area contributed by atoms with E-state index in [-0.39, 0.29) is 23.4 Å². The maximum atomic E-state index is 12.5. The molecule has 2 aromatic carbocycles. The lowest BCUT2D eigenvalue weighted by Crippen LogP contribution is -2.17. The number of hydrogen-bond acceptors (Lipinski definition) is 2. The predicted octanol–water partition coefficient (Wildman–Crippen LogP) is 4.18. The van der Waals surface area contributed by atoms with Gasteiger partial charge >= 0.3 is 0 Å². The molecule has 0 aromatic heterocycles. The quantitative estimate of drug-likeness (QED) is 0.792. The third-order valence-corrected chi connectivity index (χ3v) is 4.36. The molecular formula is C20H18O2. The summed E-state index contributed by atoms with van der Waals surface area (Å²) in [7, 11) is 0. The van der Waals surface area contributed by atoms with Gasteiger partial charge in [-0.25, -0.2) is 0 Å². The first kappa shape index (κ1) is 14.5. The van der Waals surface area contributed by atoms with Gasteiger partial charge < -0.3 is 0 Å². The van der Waals surface area contributed by atoms with Gasteiger partial charge in [0.2, 0.25) is 0 Å². The van der Waals surface area contributed by atoms with Crippen molar-refractivity contribution in [2.75, 3.05) is 0 Å². The minimum absolute atomic E-state index is 0.0393. The van der Waals surface area contributed by atoms with Crippen LogP contribution in [0.25, 0.3) is 5.57 Å². The van der Waals surface area contributed by atoms with E-state index < -0.39 is 0 Å². The molecule has 0 N–H and O–H groups in total. The number of Topliss-reactive ketones (excluding diaryl/α,β-unsaturated/α-hetero) is 1. The minimum atomic E-state index is -0.136. The molecule has 0 unspecified atom stereocenters. The van der Waals surface area contributed by atoms with Gasteiger partial charge in [-0.1, -0.05) is 67.6 Å². The number of carbonyl (C=O) groups excluding carboxylic acids is 2. The Morgan fingerprint density at radius 3 is 2.18 bits per heavy atom. The third-order valence-electron chi connectivity index (χ3n) is 4.36. The topological polar surface area (TPSA) is 34.1 Å². The fourth-order valence-corrected chi connectivity index (χ4v) is 3.02. The van der Waals surface area contributed by atoms with Gasteiger partial charge in [-0.2, -0.15) is 0 Å². The highest BCUT2D eigenvalue weighted by Gasteiger charge is 2.34. The molecule has 0 fully saturated rings. The molecule has 2 atom stereocenters. The van der Waals surface area contributed by atoms with E-state index in [1.54, 1.807) is 6.08 Å². The molecule has 1 aliphatic rings. The second-order valence-electron chi connectivity index (χ2n) is 5.76. The van der Waals surface area contributed by atoms with Gasteiger partial charge in [0.25, 0.3) is 0 Å². The zero-order valence-corrected chi connectivity index (χ0v) is 12.5. The Balaban J connectivity index is 1.87. The van der Waals surface area contributed by atoms with Gasteiger partial charge in [-0.15, -0.1) is 0 Å². The molecule has 0 saturated heterocycles. The van der Waals surface area contributed by atoms with Crippen LogP contribution in [0, 0.1) is 11.8 Å². The Hall–Kier alpha value is -2.48. The molecule has 0 spiro atoms. The zero-order chi connectivity index (χ0) is 15.5. The Morgan fingerprint density at radius 1 is 0.955 bits per heavy atom. The van der Waals surface area contributed by atoms with Crippen molar-refractivity contribution in [3.05, 3.63) is 77.9 Å². The Labute approximate surface area is 130 Å². The first-order valence-corrected chi connectivity index (χ1v) is 7.56. The molecule has 1 aliphatic carbocycles. The summed E-state index contributed by atoms with van der Waals surface area (Å²) in [5, 5.41) is 0. The van der Waals surface area contributed by atoms with E-state index in [1.807, 2.05) is 67.6 Å². The number of allylic oxidation sites excluding steroid dienone is 2. The predicted molar refractivity (Wildman–Crippen MR) is 87.5 cm³/mol. The minimum Gasteiger partial charge on any atom is -0.295 e. The van der Waals surface area contributed by atoms with Crippen molar-refractivity contribution in [3.63, 3.8) is 0 Å². The Bertz CT molecular complexity index is 714. The molecular weight excluding hydrogens is 272 g/mol. The van der Waals surface area contributed by atoms with Crippen LogP contribution in [0.4, 0.5) is 0 Å². The van der Waals surface area contributed by atoms with Gasteiger partial charge in [0.05, 0.1) is 0 Å². The van der Waals surface area contributed by atoms with E-state index >= 15 is 0 Å². The summed E-state index contributed by atoms with van der Waals surface area (Å²) in [4.78, 5) is 24.6. The number of ketones is 2. The lowest BCUT2D eigenvalue weighted by Gasteiger charge is -2.18. The normalized spacial score (nSPS) is 20.8. The molecule has 0 aliphatic heterocycles. The molecule has 2 nitrogen and oxygen atoms in total. The van der Waals surface area contributed by atoms with Crippen molar-refractivity contribution in [1.82, 2.24) is 0 Å². The molecule has 110 valence electrons. The van der Waals surface area contributed by atoms with Gasteiger partial charge in [-0.3, -0.25) is 9.59 Å². The summed E-state index contributed by atoms with van der Waals surface area (Å²) in [6.07, 6.45) is 2.08. The lowest BCUT2D eigenvalue weighted by atomic mass is 9.83. The fourth-order valence-electron chi connectivity index (χ4n) is 3.02. The van der Waals surface area contributed by atoms with Crippen LogP contribution in [-0.2, 0) is 4.79 Å². The second kappa shape index (κ2) is 6.10. The van der Waals surface area contributed by atoms with Crippen molar-refractivity contribution in [2.24, 2.45) is 11.8 Å². The van der Waals surface area contributed by atoms with Crippen LogP contribution in [0.5, 0.6) is 0 Å². The molecule has 0 bridgehead atoms. The summed E-state index contributed by atoms with van der Waals surface area (Å²) >= 11 is 0. The van der Waals surface area contributed by atoms with Crippen LogP contribution < -0.4 is 0 Å². The van der Waals surface area contributed by atoms with Crippen LogP contribution in [0.1, 0.15) is 29.3 Å². The van der Waals surface area contributed by atoms with Crippen LogP contribution in [-0.4, -0.2) is 11.6 Å². The van der Waals surface area contributed by atoms with Gasteiger partial charge in [-0.05, 0) is 17.2 Å². The van der Waals surface area contributed by atoms with Gasteiger partial charge in [0, 0.05) is 23.8 Å². The maximum absolute atomic E-state index is 12.5. The average molecular weight is 290 g/mol. The fraction of sp³-hybridized carbons (Fsp3) is 0.200. The largest absolute Gasteiger partial charge is 0.295 e. The van der Waals surface area contributed by atoms with E-state index in [0.717, 1.165) is 11.1 Å². The van der Waals surface area contributed by atoms with Crippen LogP contribution in [0.3, 0.4) is 0 Å². The van der Waals surface area contributed by atoms with E-state index in [1.165, 1.54) is 0 Å². The monoisotopic (exact) mass is 290 g/mol. The van der Waals surface area contributed by atoms with Crippen molar-refractivity contribution in [2.45, 2.75) is 13.3 Å². The first-order valence-electron chi connectivity index (χ1n) is 7.56. The highest BCUT2D eigenvalue weighted by molar-refractivity contribution is 6.06. The number of rotatable bonds is 4. The van der Waals surface area contributed by atoms with Crippen molar-refractivity contribution in [3.8, 4) is 0 Å². The second-order valence-corrected chi connectivity index (χ2v) is 5.76. The Morgan fingerprint density at radius 2 is 1.55 bits per heavy atom. The van der Waals surface area contributed by atoms with E-state index in [9.17, 15) is 9.59 Å². The highest BCUT2D eigenvalue weighted by Crippen LogP contribution is 2.38. The number of benzene rings is 2. The zero-order valence-electron chi connectivity index (χ0n) is 12.5. The molecule has 2 aromatic rings. The summed E-state index contributed by atoms with van der Waals surface area (Å²) in [5.41, 5.74) is 2.73. The summed E-state index contributed by atoms with van der Waals surface area (Å²) in [6.45, 7) is 1.91. The smallest absolute Gasteiger partial charge is 0.163 e. The van der Waals surface area contributed by atoms with Crippen LogP contribution >= 0.6 is 0 Å². The SMILES string of the molecule is C[C@H]1C(=O)C=C(c2ccccc2)[C@@H]1CC(=O)c1ccccc1. The molecule has 0 radical (unpaired) electrons. The lowest BCUT2D eigenvalue weighted by molar-refractivity contribution is -0.117. The van der Waals surface area contributed by atoms with Gasteiger partial charge in [0.15, 0.2) is 11.6 Å². The van der Waals surface area contributed by atoms with Gasteiger partial charge in [0.1, 0.15) is 0 Å². The molecule has 22 heavy (non-hydrogen) atoms. The molecule has 3 rings (SSSR count). The van der Waals surface area contributed by atoms with Crippen LogP contribution in [0.2, 0.25) is 0 Å². The van der Waals surface area contributed by atoms with E-state index in [2.05, 4.69) is 0 Å². The van der Waals surface area contributed by atoms with Crippen LogP contribution in [0.15, 0.2) is 66.7 Å². The van der Waals surface area contributed by atoms with E-state index in [0.29, 0.717) is 12.0 Å². The maximum Gasteiger partial charge on any atom is 0.163 e. The molecule has 0 saturated carbocycles. The van der Waals surface area contributed by atoms with Crippen molar-refractivity contribution >= 4 is 17.1 Å². The summed E-state index contributed by atoms with van der Waals surface area (Å²) < 4.78 is 0. The molecule has 2 heteroatoms. The van der Waals surface area contributed by atoms with Crippen molar-refractivity contribution < 1.29 is 9.59 Å². The molecule has 0 amide bonds. The third kappa shape index (κ3) is 2.77. The standard InChI is InChI=1S/C20H18O2/c1-14-17(12-20(22)16-10-6-3-7-11-16)18(13-19(14)21)15-8-4-2-5-9-15/h2-11,13-14,17H,12H2,1H3/t14-,17-/m1/s1. The summed E-state index contributed by atoms with van der Waals surface area (Å²) in [5.74, 6) is 0.0316. The van der Waals surface area contributed by atoms with Crippen molar-refractivity contribution in [1.29, 1.82) is 0 Å². The first-order chi connectivity index (χ1) is 10.7.